The number of halogens is 2. The summed E-state index contributed by atoms with van der Waals surface area (Å²) in [6, 6.07) is 8.59. The first-order valence-corrected chi connectivity index (χ1v) is 7.35. The largest absolute Gasteiger partial charge is 0.474 e. The summed E-state index contributed by atoms with van der Waals surface area (Å²) in [5.74, 6) is 0.343. The highest BCUT2D eigenvalue weighted by molar-refractivity contribution is 6.31. The number of aliphatic imine (C=N–C) groups is 1. The zero-order valence-corrected chi connectivity index (χ0v) is 12.5. The van der Waals surface area contributed by atoms with Gasteiger partial charge in [-0.15, -0.1) is 0 Å². The molecule has 1 atom stereocenters. The van der Waals surface area contributed by atoms with Gasteiger partial charge in [-0.05, 0) is 36.2 Å². The van der Waals surface area contributed by atoms with E-state index in [9.17, 15) is 4.39 Å². The zero-order chi connectivity index (χ0) is 14.8. The van der Waals surface area contributed by atoms with Gasteiger partial charge in [0.05, 0.1) is 6.04 Å². The fourth-order valence-corrected chi connectivity index (χ4v) is 2.57. The predicted molar refractivity (Wildman–Crippen MR) is 81.5 cm³/mol. The summed E-state index contributed by atoms with van der Waals surface area (Å²) in [4.78, 5) is 4.57. The fourth-order valence-electron chi connectivity index (χ4n) is 2.34. The third-order valence-corrected chi connectivity index (χ3v) is 3.94. The first-order chi connectivity index (χ1) is 10.2. The Morgan fingerprint density at radius 3 is 3.00 bits per heavy atom. The normalized spacial score (nSPS) is 17.7. The molecule has 3 rings (SSSR count). The van der Waals surface area contributed by atoms with Crippen LogP contribution in [0.2, 0.25) is 5.02 Å². The third-order valence-electron chi connectivity index (χ3n) is 3.59. The molecule has 0 bridgehead atoms. The number of aromatic nitrogens is 1. The maximum absolute atomic E-state index is 13.1. The number of benzene rings is 1. The molecule has 0 spiro atoms. The van der Waals surface area contributed by atoms with Gasteiger partial charge in [0, 0.05) is 17.8 Å². The Hall–Kier alpha value is -1.81. The molecule has 21 heavy (non-hydrogen) atoms. The number of hydrogen-bond donors (Lipinski definition) is 0. The fraction of sp³-hybridized carbons (Fsp3) is 0.312. The Morgan fingerprint density at radius 2 is 2.29 bits per heavy atom. The first kappa shape index (κ1) is 14.1. The van der Waals surface area contributed by atoms with E-state index in [2.05, 4.69) is 11.9 Å². The van der Waals surface area contributed by atoms with E-state index in [0.717, 1.165) is 17.7 Å². The molecule has 1 aromatic heterocycles. The van der Waals surface area contributed by atoms with Gasteiger partial charge in [0.25, 0.3) is 0 Å². The number of rotatable bonds is 4. The van der Waals surface area contributed by atoms with Crippen molar-refractivity contribution in [1.29, 1.82) is 0 Å². The van der Waals surface area contributed by atoms with Gasteiger partial charge < -0.3 is 9.30 Å². The number of nitrogens with zero attached hydrogens (tertiary/aromatic N) is 2. The first-order valence-electron chi connectivity index (χ1n) is 6.97. The van der Waals surface area contributed by atoms with Crippen LogP contribution in [0.25, 0.3) is 0 Å². The molecule has 2 aromatic rings. The Labute approximate surface area is 128 Å². The van der Waals surface area contributed by atoms with Crippen molar-refractivity contribution in [3.05, 3.63) is 58.6 Å². The second-order valence-electron chi connectivity index (χ2n) is 5.06. The van der Waals surface area contributed by atoms with Crippen LogP contribution in [0.4, 0.5) is 4.39 Å². The van der Waals surface area contributed by atoms with Gasteiger partial charge >= 0.3 is 0 Å². The minimum atomic E-state index is -0.328. The maximum Gasteiger partial charge on any atom is 0.233 e. The van der Waals surface area contributed by atoms with Crippen molar-refractivity contribution in [3.63, 3.8) is 0 Å². The van der Waals surface area contributed by atoms with Crippen LogP contribution in [0.3, 0.4) is 0 Å². The van der Waals surface area contributed by atoms with Crippen LogP contribution >= 0.6 is 11.6 Å². The summed E-state index contributed by atoms with van der Waals surface area (Å²) in [5, 5.41) is 0.426. The molecule has 0 fully saturated rings. The molecule has 3 nitrogen and oxygen atoms in total. The van der Waals surface area contributed by atoms with E-state index in [1.54, 1.807) is 6.07 Å². The molecule has 1 aliphatic rings. The molecule has 110 valence electrons. The monoisotopic (exact) mass is 306 g/mol. The predicted octanol–water partition coefficient (Wildman–Crippen LogP) is 3.88. The molecule has 5 heteroatoms. The molecule has 0 radical (unpaired) electrons. The molecule has 0 saturated heterocycles. The number of hydrogen-bond acceptors (Lipinski definition) is 2. The summed E-state index contributed by atoms with van der Waals surface area (Å²) in [5.41, 5.74) is 1.78. The summed E-state index contributed by atoms with van der Waals surface area (Å²) in [7, 11) is 0. The average molecular weight is 307 g/mol. The van der Waals surface area contributed by atoms with Crippen LogP contribution in [0, 0.1) is 5.82 Å². The van der Waals surface area contributed by atoms with Gasteiger partial charge in [0.1, 0.15) is 18.1 Å². The average Bonchev–Trinajstić information content (AvgIpc) is 3.10. The number of ether oxygens (including phenoxy) is 1. The maximum atomic E-state index is 13.1. The molecular weight excluding hydrogens is 291 g/mol. The lowest BCUT2D eigenvalue weighted by molar-refractivity contribution is 0.313. The van der Waals surface area contributed by atoms with E-state index >= 15 is 0 Å². The van der Waals surface area contributed by atoms with Gasteiger partial charge in [-0.25, -0.2) is 9.38 Å². The van der Waals surface area contributed by atoms with E-state index in [-0.39, 0.29) is 11.9 Å². The molecule has 0 aliphatic carbocycles. The molecular formula is C16H16ClFN2O. The van der Waals surface area contributed by atoms with Crippen molar-refractivity contribution in [2.75, 3.05) is 6.61 Å². The minimum Gasteiger partial charge on any atom is -0.474 e. The van der Waals surface area contributed by atoms with Crippen molar-refractivity contribution < 1.29 is 9.13 Å². The summed E-state index contributed by atoms with van der Waals surface area (Å²) in [6.45, 7) is 3.28. The molecule has 2 heterocycles. The lowest BCUT2D eigenvalue weighted by atomic mass is 10.2. The van der Waals surface area contributed by atoms with Gasteiger partial charge in [0.2, 0.25) is 5.90 Å². The van der Waals surface area contributed by atoms with Gasteiger partial charge in [-0.3, -0.25) is 0 Å². The van der Waals surface area contributed by atoms with E-state index in [1.165, 1.54) is 12.1 Å². The van der Waals surface area contributed by atoms with Crippen LogP contribution in [-0.2, 0) is 11.3 Å². The summed E-state index contributed by atoms with van der Waals surface area (Å²) >= 11 is 6.09. The topological polar surface area (TPSA) is 26.5 Å². The Balaban J connectivity index is 1.86. The Morgan fingerprint density at radius 1 is 1.43 bits per heavy atom. The van der Waals surface area contributed by atoms with Gasteiger partial charge in [-0.2, -0.15) is 0 Å². The van der Waals surface area contributed by atoms with Crippen molar-refractivity contribution in [2.45, 2.75) is 25.9 Å². The minimum absolute atomic E-state index is 0.234. The van der Waals surface area contributed by atoms with E-state index in [0.29, 0.717) is 24.1 Å². The lowest BCUT2D eigenvalue weighted by Crippen LogP contribution is -2.11. The standard InChI is InChI=1S/C16H16ClFN2O/c1-2-13-10-21-16(19-13)15-4-3-7-20(15)9-11-5-6-12(18)8-14(11)17/h3-8,13H,2,9-10H2,1H3/t13-/m1/s1. The highest BCUT2D eigenvalue weighted by atomic mass is 35.5. The molecule has 0 saturated carbocycles. The van der Waals surface area contributed by atoms with E-state index in [4.69, 9.17) is 16.3 Å². The van der Waals surface area contributed by atoms with E-state index < -0.39 is 0 Å². The van der Waals surface area contributed by atoms with Crippen molar-refractivity contribution in [3.8, 4) is 0 Å². The lowest BCUT2D eigenvalue weighted by Gasteiger charge is -2.10. The second kappa shape index (κ2) is 5.90. The molecule has 1 aliphatic heterocycles. The Bertz CT molecular complexity index is 681. The van der Waals surface area contributed by atoms with Crippen molar-refractivity contribution in [1.82, 2.24) is 4.57 Å². The highest BCUT2D eigenvalue weighted by Crippen LogP contribution is 2.21. The quantitative estimate of drug-likeness (QED) is 0.842. The SMILES string of the molecule is CC[C@@H]1COC(c2cccn2Cc2ccc(F)cc2Cl)=N1. The molecule has 0 unspecified atom stereocenters. The smallest absolute Gasteiger partial charge is 0.233 e. The summed E-state index contributed by atoms with van der Waals surface area (Å²) in [6.07, 6.45) is 2.91. The van der Waals surface area contributed by atoms with Crippen LogP contribution in [0.1, 0.15) is 24.6 Å². The van der Waals surface area contributed by atoms with E-state index in [1.807, 2.05) is 22.9 Å². The van der Waals surface area contributed by atoms with Crippen LogP contribution in [0.5, 0.6) is 0 Å². The second-order valence-corrected chi connectivity index (χ2v) is 5.47. The zero-order valence-electron chi connectivity index (χ0n) is 11.7. The van der Waals surface area contributed by atoms with Crippen molar-refractivity contribution in [2.24, 2.45) is 4.99 Å². The van der Waals surface area contributed by atoms with Gasteiger partial charge in [-0.1, -0.05) is 24.6 Å². The third kappa shape index (κ3) is 2.95. The van der Waals surface area contributed by atoms with Crippen LogP contribution < -0.4 is 0 Å². The van der Waals surface area contributed by atoms with Crippen LogP contribution in [-0.4, -0.2) is 23.1 Å². The molecule has 0 N–H and O–H groups in total. The van der Waals surface area contributed by atoms with Crippen molar-refractivity contribution >= 4 is 17.5 Å². The molecule has 1 aromatic carbocycles. The van der Waals surface area contributed by atoms with Gasteiger partial charge in [0.15, 0.2) is 0 Å². The van der Waals surface area contributed by atoms with Crippen LogP contribution in [0.15, 0.2) is 41.5 Å². The highest BCUT2D eigenvalue weighted by Gasteiger charge is 2.21. The Kier molecular flexibility index (Phi) is 3.97. The summed E-state index contributed by atoms with van der Waals surface area (Å²) < 4.78 is 20.8. The molecule has 0 amide bonds.